The molecule has 2 rings (SSSR count). The number of rotatable bonds is 8. The summed E-state index contributed by atoms with van der Waals surface area (Å²) in [5.41, 5.74) is 0.542. The molecule has 0 aliphatic heterocycles. The number of hydrogen-bond donors (Lipinski definition) is 1. The van der Waals surface area contributed by atoms with E-state index in [4.69, 9.17) is 9.47 Å². The molecule has 0 atom stereocenters. The van der Waals surface area contributed by atoms with Crippen molar-refractivity contribution in [2.75, 3.05) is 13.7 Å². The predicted molar refractivity (Wildman–Crippen MR) is 88.2 cm³/mol. The van der Waals surface area contributed by atoms with E-state index < -0.39 is 30.9 Å². The van der Waals surface area contributed by atoms with Gasteiger partial charge in [0.2, 0.25) is 0 Å². The van der Waals surface area contributed by atoms with Crippen molar-refractivity contribution in [2.24, 2.45) is 0 Å². The minimum absolute atomic E-state index is 0.0119. The Kier molecular flexibility index (Phi) is 7.04. The van der Waals surface area contributed by atoms with Crippen LogP contribution in [0, 0.1) is 5.82 Å². The van der Waals surface area contributed by atoms with Gasteiger partial charge in [-0.25, -0.2) is 9.18 Å². The van der Waals surface area contributed by atoms with Crippen molar-refractivity contribution in [3.8, 4) is 11.5 Å². The monoisotopic (exact) mass is 383 g/mol. The normalized spacial score (nSPS) is 10.4. The van der Waals surface area contributed by atoms with Crippen LogP contribution in [0.1, 0.15) is 15.9 Å². The fraction of sp³-hybridized carbons (Fsp3) is 0.222. The molecule has 0 radical (unpaired) electrons. The summed E-state index contributed by atoms with van der Waals surface area (Å²) in [5, 5.41) is 2.49. The Morgan fingerprint density at radius 1 is 1.11 bits per heavy atom. The molecule has 0 aliphatic rings. The third kappa shape index (κ3) is 6.21. The molecule has 1 N–H and O–H groups in total. The molecule has 2 aromatic rings. The number of carbonyl (C=O) groups is 2. The van der Waals surface area contributed by atoms with Crippen molar-refractivity contribution < 1.29 is 37.0 Å². The van der Waals surface area contributed by atoms with Gasteiger partial charge in [-0.05, 0) is 35.9 Å². The molecule has 0 saturated heterocycles. The lowest BCUT2D eigenvalue weighted by Crippen LogP contribution is -2.28. The first-order chi connectivity index (χ1) is 12.9. The van der Waals surface area contributed by atoms with Gasteiger partial charge in [0.05, 0.1) is 12.7 Å². The third-order valence-corrected chi connectivity index (χ3v) is 3.33. The van der Waals surface area contributed by atoms with E-state index in [0.717, 1.165) is 6.07 Å². The molecular weight excluding hydrogens is 367 g/mol. The van der Waals surface area contributed by atoms with E-state index in [0.29, 0.717) is 5.56 Å². The fourth-order valence-corrected chi connectivity index (χ4v) is 2.10. The molecule has 0 aliphatic carbocycles. The Morgan fingerprint density at radius 3 is 2.56 bits per heavy atom. The highest BCUT2D eigenvalue weighted by Gasteiger charge is 2.13. The number of amides is 1. The summed E-state index contributed by atoms with van der Waals surface area (Å²) in [6.45, 7) is -3.50. The summed E-state index contributed by atoms with van der Waals surface area (Å²) in [6, 6.07) is 9.07. The Hall–Kier alpha value is -3.23. The first-order valence-corrected chi connectivity index (χ1v) is 7.70. The molecule has 0 unspecified atom stereocenters. The number of ether oxygens (including phenoxy) is 3. The summed E-state index contributed by atoms with van der Waals surface area (Å²) < 4.78 is 51.7. The van der Waals surface area contributed by atoms with Crippen molar-refractivity contribution in [3.63, 3.8) is 0 Å². The van der Waals surface area contributed by atoms with Crippen LogP contribution < -0.4 is 14.8 Å². The van der Waals surface area contributed by atoms with Gasteiger partial charge < -0.3 is 19.5 Å². The van der Waals surface area contributed by atoms with Crippen LogP contribution in [-0.4, -0.2) is 32.2 Å². The molecule has 0 heterocycles. The second kappa shape index (κ2) is 9.46. The second-order valence-electron chi connectivity index (χ2n) is 5.23. The Labute approximate surface area is 152 Å². The van der Waals surface area contributed by atoms with E-state index in [-0.39, 0.29) is 23.6 Å². The molecule has 2 aromatic carbocycles. The highest BCUT2D eigenvalue weighted by molar-refractivity contribution is 5.91. The lowest BCUT2D eigenvalue weighted by molar-refractivity contribution is -0.124. The van der Waals surface area contributed by atoms with E-state index in [1.54, 1.807) is 0 Å². The average molecular weight is 383 g/mol. The maximum atomic E-state index is 13.0. The number of esters is 1. The van der Waals surface area contributed by atoms with Crippen LogP contribution in [0.25, 0.3) is 0 Å². The summed E-state index contributed by atoms with van der Waals surface area (Å²) >= 11 is 0. The van der Waals surface area contributed by atoms with Gasteiger partial charge in [0.1, 0.15) is 5.82 Å². The number of carbonyl (C=O) groups excluding carboxylic acids is 2. The Bertz CT molecular complexity index is 813. The van der Waals surface area contributed by atoms with Crippen LogP contribution in [0.5, 0.6) is 11.5 Å². The second-order valence-corrected chi connectivity index (χ2v) is 5.23. The zero-order valence-electron chi connectivity index (χ0n) is 14.2. The number of methoxy groups -OCH3 is 1. The van der Waals surface area contributed by atoms with E-state index in [1.165, 1.54) is 43.5 Å². The third-order valence-electron chi connectivity index (χ3n) is 3.33. The van der Waals surface area contributed by atoms with Crippen LogP contribution in [0.3, 0.4) is 0 Å². The van der Waals surface area contributed by atoms with Gasteiger partial charge >= 0.3 is 12.6 Å². The SMILES string of the molecule is COc1cc(CNC(=O)COC(=O)c2cccc(F)c2)ccc1OC(F)F. The van der Waals surface area contributed by atoms with Gasteiger partial charge in [-0.1, -0.05) is 12.1 Å². The quantitative estimate of drug-likeness (QED) is 0.710. The zero-order chi connectivity index (χ0) is 19.8. The van der Waals surface area contributed by atoms with E-state index in [2.05, 4.69) is 10.1 Å². The lowest BCUT2D eigenvalue weighted by Gasteiger charge is -2.12. The highest BCUT2D eigenvalue weighted by atomic mass is 19.3. The maximum Gasteiger partial charge on any atom is 0.387 e. The number of alkyl halides is 2. The molecular formula is C18H16F3NO5. The standard InChI is InChI=1S/C18H16F3NO5/c1-25-15-7-11(5-6-14(15)27-18(20)21)9-22-16(23)10-26-17(24)12-3-2-4-13(19)8-12/h2-8,18H,9-10H2,1H3,(H,22,23). The van der Waals surface area contributed by atoms with Crippen molar-refractivity contribution in [1.29, 1.82) is 0 Å². The molecule has 9 heteroatoms. The Balaban J connectivity index is 1.85. The molecule has 1 amide bonds. The van der Waals surface area contributed by atoms with Crippen LogP contribution in [0.2, 0.25) is 0 Å². The van der Waals surface area contributed by atoms with Gasteiger partial charge in [0, 0.05) is 6.54 Å². The van der Waals surface area contributed by atoms with E-state index in [1.807, 2.05) is 0 Å². The zero-order valence-corrected chi connectivity index (χ0v) is 14.2. The van der Waals surface area contributed by atoms with Crippen molar-refractivity contribution in [3.05, 3.63) is 59.4 Å². The number of hydrogen-bond acceptors (Lipinski definition) is 5. The summed E-state index contributed by atoms with van der Waals surface area (Å²) in [6.07, 6.45) is 0. The van der Waals surface area contributed by atoms with Gasteiger partial charge in [0.15, 0.2) is 18.1 Å². The van der Waals surface area contributed by atoms with Crippen molar-refractivity contribution in [1.82, 2.24) is 5.32 Å². The summed E-state index contributed by atoms with van der Waals surface area (Å²) in [4.78, 5) is 23.5. The summed E-state index contributed by atoms with van der Waals surface area (Å²) in [7, 11) is 1.29. The number of benzene rings is 2. The van der Waals surface area contributed by atoms with E-state index >= 15 is 0 Å². The van der Waals surface area contributed by atoms with Gasteiger partial charge in [0.25, 0.3) is 5.91 Å². The molecule has 27 heavy (non-hydrogen) atoms. The van der Waals surface area contributed by atoms with E-state index in [9.17, 15) is 22.8 Å². The molecule has 144 valence electrons. The highest BCUT2D eigenvalue weighted by Crippen LogP contribution is 2.29. The number of nitrogens with one attached hydrogen (secondary N) is 1. The maximum absolute atomic E-state index is 13.0. The first-order valence-electron chi connectivity index (χ1n) is 7.70. The Morgan fingerprint density at radius 2 is 1.89 bits per heavy atom. The van der Waals surface area contributed by atoms with Crippen molar-refractivity contribution >= 4 is 11.9 Å². The minimum atomic E-state index is -2.99. The van der Waals surface area contributed by atoms with Gasteiger partial charge in [-0.3, -0.25) is 4.79 Å². The van der Waals surface area contributed by atoms with Gasteiger partial charge in [-0.15, -0.1) is 0 Å². The number of halogens is 3. The molecule has 0 bridgehead atoms. The van der Waals surface area contributed by atoms with Crippen LogP contribution >= 0.6 is 0 Å². The summed E-state index contributed by atoms with van der Waals surface area (Å²) in [5.74, 6) is -2.07. The molecule has 0 fully saturated rings. The largest absolute Gasteiger partial charge is 0.493 e. The fourth-order valence-electron chi connectivity index (χ4n) is 2.10. The first kappa shape index (κ1) is 20.1. The topological polar surface area (TPSA) is 73.9 Å². The molecule has 0 aromatic heterocycles. The van der Waals surface area contributed by atoms with Crippen LogP contribution in [-0.2, 0) is 16.1 Å². The predicted octanol–water partition coefficient (Wildman–Crippen LogP) is 2.91. The smallest absolute Gasteiger partial charge is 0.387 e. The molecule has 6 nitrogen and oxygen atoms in total. The van der Waals surface area contributed by atoms with Crippen LogP contribution in [0.15, 0.2) is 42.5 Å². The molecule has 0 saturated carbocycles. The lowest BCUT2D eigenvalue weighted by atomic mass is 10.2. The van der Waals surface area contributed by atoms with Gasteiger partial charge in [-0.2, -0.15) is 8.78 Å². The minimum Gasteiger partial charge on any atom is -0.493 e. The van der Waals surface area contributed by atoms with Crippen molar-refractivity contribution in [2.45, 2.75) is 13.2 Å². The molecule has 0 spiro atoms. The van der Waals surface area contributed by atoms with Crippen LogP contribution in [0.4, 0.5) is 13.2 Å². The average Bonchev–Trinajstić information content (AvgIpc) is 2.64.